The van der Waals surface area contributed by atoms with E-state index in [2.05, 4.69) is 52.0 Å². The van der Waals surface area contributed by atoms with Crippen LogP contribution in [0.5, 0.6) is 5.75 Å². The molecule has 144 valence electrons. The lowest BCUT2D eigenvalue weighted by molar-refractivity contribution is -0.145. The number of benzene rings is 2. The second-order valence-corrected chi connectivity index (χ2v) is 7.94. The van der Waals surface area contributed by atoms with Crippen molar-refractivity contribution < 1.29 is 14.6 Å². The standard InChI is InChI=1S/C22H26BrNO3/c1-3-27-20-11-10-17(23)14-18(20)21(16-8-6-7-15(2)13-16)24-12-5-4-9-19(24)22(25)26/h6-8,10-11,13-14,19,21H,3-5,9,12H2,1-2H3,(H,25,26). The van der Waals surface area contributed by atoms with Crippen LogP contribution in [-0.4, -0.2) is 35.2 Å². The Morgan fingerprint density at radius 3 is 2.81 bits per heavy atom. The highest BCUT2D eigenvalue weighted by Gasteiger charge is 2.36. The number of rotatable bonds is 6. The lowest BCUT2D eigenvalue weighted by Crippen LogP contribution is -2.47. The number of carbonyl (C=O) groups is 1. The molecule has 3 rings (SSSR count). The summed E-state index contributed by atoms with van der Waals surface area (Å²) in [6.45, 7) is 5.36. The molecule has 2 aromatic carbocycles. The van der Waals surface area contributed by atoms with E-state index in [1.165, 1.54) is 0 Å². The number of carboxylic acid groups (broad SMARTS) is 1. The molecule has 0 spiro atoms. The summed E-state index contributed by atoms with van der Waals surface area (Å²) in [5, 5.41) is 9.85. The zero-order valence-corrected chi connectivity index (χ0v) is 17.4. The molecule has 1 fully saturated rings. The van der Waals surface area contributed by atoms with Crippen LogP contribution in [0.15, 0.2) is 46.9 Å². The molecule has 1 N–H and O–H groups in total. The highest BCUT2D eigenvalue weighted by Crippen LogP contribution is 2.40. The van der Waals surface area contributed by atoms with E-state index in [0.717, 1.165) is 46.3 Å². The number of carboxylic acids is 1. The van der Waals surface area contributed by atoms with Crippen molar-refractivity contribution in [2.45, 2.75) is 45.2 Å². The summed E-state index contributed by atoms with van der Waals surface area (Å²) in [7, 11) is 0. The van der Waals surface area contributed by atoms with E-state index in [1.54, 1.807) is 0 Å². The van der Waals surface area contributed by atoms with Crippen LogP contribution in [0.1, 0.15) is 48.9 Å². The van der Waals surface area contributed by atoms with Crippen LogP contribution in [0.2, 0.25) is 0 Å². The first-order valence-corrected chi connectivity index (χ1v) is 10.3. The van der Waals surface area contributed by atoms with Crippen molar-refractivity contribution in [3.05, 3.63) is 63.6 Å². The molecule has 0 radical (unpaired) electrons. The highest BCUT2D eigenvalue weighted by molar-refractivity contribution is 9.10. The second kappa shape index (κ2) is 8.89. The largest absolute Gasteiger partial charge is 0.494 e. The number of ether oxygens (including phenoxy) is 1. The van der Waals surface area contributed by atoms with Gasteiger partial charge in [0.15, 0.2) is 0 Å². The molecule has 5 heteroatoms. The first-order chi connectivity index (χ1) is 13.0. The van der Waals surface area contributed by atoms with Crippen molar-refractivity contribution >= 4 is 21.9 Å². The lowest BCUT2D eigenvalue weighted by Gasteiger charge is -2.40. The molecule has 0 aliphatic carbocycles. The van der Waals surface area contributed by atoms with Crippen LogP contribution >= 0.6 is 15.9 Å². The topological polar surface area (TPSA) is 49.8 Å². The Kier molecular flexibility index (Phi) is 6.55. The summed E-state index contributed by atoms with van der Waals surface area (Å²) in [4.78, 5) is 14.1. The Morgan fingerprint density at radius 2 is 2.11 bits per heavy atom. The van der Waals surface area contributed by atoms with Crippen molar-refractivity contribution in [1.29, 1.82) is 0 Å². The minimum Gasteiger partial charge on any atom is -0.494 e. The Hall–Kier alpha value is -1.85. The predicted octanol–water partition coefficient (Wildman–Crippen LogP) is 5.18. The van der Waals surface area contributed by atoms with Crippen LogP contribution in [0.25, 0.3) is 0 Å². The van der Waals surface area contributed by atoms with Gasteiger partial charge in [-0.3, -0.25) is 9.69 Å². The smallest absolute Gasteiger partial charge is 0.320 e. The normalized spacial score (nSPS) is 18.9. The predicted molar refractivity (Wildman–Crippen MR) is 110 cm³/mol. The average Bonchev–Trinajstić information content (AvgIpc) is 2.64. The fraction of sp³-hybridized carbons (Fsp3) is 0.409. The molecule has 0 amide bonds. The fourth-order valence-electron chi connectivity index (χ4n) is 3.94. The third kappa shape index (κ3) is 4.53. The maximum absolute atomic E-state index is 12.0. The van der Waals surface area contributed by atoms with Crippen LogP contribution in [0.3, 0.4) is 0 Å². The summed E-state index contributed by atoms with van der Waals surface area (Å²) in [6.07, 6.45) is 2.63. The zero-order valence-electron chi connectivity index (χ0n) is 15.8. The molecule has 1 aliphatic rings. The van der Waals surface area contributed by atoms with Gasteiger partial charge >= 0.3 is 5.97 Å². The van der Waals surface area contributed by atoms with Gasteiger partial charge in [-0.05, 0) is 57.0 Å². The van der Waals surface area contributed by atoms with E-state index >= 15 is 0 Å². The van der Waals surface area contributed by atoms with E-state index < -0.39 is 12.0 Å². The molecule has 0 bridgehead atoms. The maximum Gasteiger partial charge on any atom is 0.320 e. The summed E-state index contributed by atoms with van der Waals surface area (Å²) in [5.41, 5.74) is 3.27. The summed E-state index contributed by atoms with van der Waals surface area (Å²) in [5.74, 6) is 0.0576. The molecule has 2 atom stereocenters. The minimum absolute atomic E-state index is 0.162. The van der Waals surface area contributed by atoms with Crippen molar-refractivity contribution in [1.82, 2.24) is 4.90 Å². The monoisotopic (exact) mass is 431 g/mol. The molecule has 2 unspecified atom stereocenters. The van der Waals surface area contributed by atoms with E-state index in [-0.39, 0.29) is 6.04 Å². The molecular weight excluding hydrogens is 406 g/mol. The molecule has 4 nitrogen and oxygen atoms in total. The average molecular weight is 432 g/mol. The minimum atomic E-state index is -0.750. The molecule has 1 aliphatic heterocycles. The van der Waals surface area contributed by atoms with E-state index in [4.69, 9.17) is 4.74 Å². The van der Waals surface area contributed by atoms with Gasteiger partial charge in [0.1, 0.15) is 11.8 Å². The van der Waals surface area contributed by atoms with Crippen LogP contribution in [0, 0.1) is 6.92 Å². The quantitative estimate of drug-likeness (QED) is 0.683. The van der Waals surface area contributed by atoms with E-state index in [1.807, 2.05) is 25.1 Å². The first-order valence-electron chi connectivity index (χ1n) is 9.48. The van der Waals surface area contributed by atoms with E-state index in [9.17, 15) is 9.90 Å². The SMILES string of the molecule is CCOc1ccc(Br)cc1C(c1cccc(C)c1)N1CCCCC1C(=O)O. The number of aryl methyl sites for hydroxylation is 1. The molecular formula is C22H26BrNO3. The molecule has 1 saturated heterocycles. The number of likely N-dealkylation sites (tertiary alicyclic amines) is 1. The van der Waals surface area contributed by atoms with Crippen molar-refractivity contribution in [2.24, 2.45) is 0 Å². The maximum atomic E-state index is 12.0. The molecule has 0 saturated carbocycles. The molecule has 27 heavy (non-hydrogen) atoms. The number of nitrogens with zero attached hydrogens (tertiary/aromatic N) is 1. The summed E-state index contributed by atoms with van der Waals surface area (Å²) in [6, 6.07) is 13.7. The van der Waals surface area contributed by atoms with Gasteiger partial charge in [0, 0.05) is 10.0 Å². The Morgan fingerprint density at radius 1 is 1.30 bits per heavy atom. The van der Waals surface area contributed by atoms with Crippen molar-refractivity contribution in [3.63, 3.8) is 0 Å². The number of hydrogen-bond donors (Lipinski definition) is 1. The van der Waals surface area contributed by atoms with Crippen molar-refractivity contribution in [2.75, 3.05) is 13.2 Å². The lowest BCUT2D eigenvalue weighted by atomic mass is 9.90. The van der Waals surface area contributed by atoms with Crippen LogP contribution in [0.4, 0.5) is 0 Å². The Balaban J connectivity index is 2.16. The summed E-state index contributed by atoms with van der Waals surface area (Å²) < 4.78 is 6.88. The molecule has 1 heterocycles. The third-order valence-corrected chi connectivity index (χ3v) is 5.58. The van der Waals surface area contributed by atoms with Crippen molar-refractivity contribution in [3.8, 4) is 5.75 Å². The van der Waals surface area contributed by atoms with Gasteiger partial charge in [0.25, 0.3) is 0 Å². The van der Waals surface area contributed by atoms with Crippen LogP contribution in [-0.2, 0) is 4.79 Å². The van der Waals surface area contributed by atoms with Crippen LogP contribution < -0.4 is 4.74 Å². The highest BCUT2D eigenvalue weighted by atomic mass is 79.9. The van der Waals surface area contributed by atoms with Gasteiger partial charge in [-0.1, -0.05) is 52.2 Å². The van der Waals surface area contributed by atoms with Gasteiger partial charge in [0.05, 0.1) is 12.6 Å². The zero-order chi connectivity index (χ0) is 19.4. The van der Waals surface area contributed by atoms with Gasteiger partial charge in [-0.25, -0.2) is 0 Å². The van der Waals surface area contributed by atoms with Gasteiger partial charge in [-0.15, -0.1) is 0 Å². The third-order valence-electron chi connectivity index (χ3n) is 5.09. The summed E-state index contributed by atoms with van der Waals surface area (Å²) >= 11 is 3.58. The number of aliphatic carboxylic acids is 1. The molecule has 0 aromatic heterocycles. The molecule has 2 aromatic rings. The Bertz CT molecular complexity index is 808. The first kappa shape index (κ1) is 19.9. The Labute approximate surface area is 169 Å². The van der Waals surface area contributed by atoms with E-state index in [0.29, 0.717) is 13.0 Å². The number of hydrogen-bond acceptors (Lipinski definition) is 3. The number of piperidine rings is 1. The van der Waals surface area contributed by atoms with Gasteiger partial charge < -0.3 is 9.84 Å². The number of halogens is 1. The van der Waals surface area contributed by atoms with Gasteiger partial charge in [0.2, 0.25) is 0 Å². The van der Waals surface area contributed by atoms with Gasteiger partial charge in [-0.2, -0.15) is 0 Å². The second-order valence-electron chi connectivity index (χ2n) is 7.02. The fourth-order valence-corrected chi connectivity index (χ4v) is 4.32.